The molecule has 2 amide bonds. The van der Waals surface area contributed by atoms with Crippen molar-refractivity contribution in [3.8, 4) is 22.3 Å². The Morgan fingerprint density at radius 3 is 1.84 bits per heavy atom. The summed E-state index contributed by atoms with van der Waals surface area (Å²) in [6.45, 7) is 5.59. The molecule has 80 heavy (non-hydrogen) atoms. The number of carbonyl (C=O) groups excluding carboxylic acids is 2. The average molecular weight is 1200 g/mol. The number of nitrogens with zero attached hydrogens (tertiary/aromatic N) is 5. The van der Waals surface area contributed by atoms with Gasteiger partial charge < -0.3 is 43.5 Å². The van der Waals surface area contributed by atoms with E-state index in [0.29, 0.717) is 129 Å². The Kier molecular flexibility index (Phi) is 15.7. The van der Waals surface area contributed by atoms with Crippen molar-refractivity contribution in [2.24, 2.45) is 0 Å². The molecule has 4 fully saturated rings. The van der Waals surface area contributed by atoms with E-state index in [4.69, 9.17) is 32.8 Å². The SMILES string of the molecule is CNC(=O)C1(n2c(=O)c3c(C)c(Br)sc3n(C[C@H](OC3CCOCC3)c3ccccc3OC)c2=O)CCC(c2ccc([C@H](Cn3c(=O)n(C4(C(=O)NC)CC4)c(=O)c4c(C)c(-c5ncco5)sc43)OC3CCOCC3)c(OC)c2)C1. The second-order valence-corrected chi connectivity index (χ2v) is 24.4. The third kappa shape index (κ3) is 9.68. The average Bonchev–Trinajstić information content (AvgIpc) is 3.99. The first-order chi connectivity index (χ1) is 38.7. The number of likely N-dealkylation sites (N-methyl/N-ethyl adjacent to an activating group) is 2. The second kappa shape index (κ2) is 22.6. The number of ether oxygens (including phenoxy) is 6. The molecule has 2 aliphatic carbocycles. The van der Waals surface area contributed by atoms with Crippen LogP contribution >= 0.6 is 38.6 Å². The zero-order chi connectivity index (χ0) is 56.2. The lowest BCUT2D eigenvalue weighted by Crippen LogP contribution is -2.57. The van der Waals surface area contributed by atoms with Crippen LogP contribution in [-0.4, -0.2) is 102 Å². The molecule has 7 heterocycles. The first-order valence-corrected chi connectivity index (χ1v) is 29.5. The topological polar surface area (TPSA) is 228 Å². The van der Waals surface area contributed by atoms with Crippen molar-refractivity contribution in [2.45, 2.75) is 126 Å². The standard InChI is InChI=1S/C57H64BrN7O13S2/c1-31-43-48(66)64(56(19-20-56)52(68)59-3)54(70)62(50(43)79-45(31)47-61-21-26-76-47)30-42(78-36-16-24-75-25-17-36)38-12-11-33(27-40(38)73-6)34-13-18-57(28-34,53(69)60-4)65-49(67)44-32(2)46(58)80-51(44)63(55(65)71)29-41(77-35-14-22-74-23-15-35)37-9-7-8-10-39(37)72-5/h7-12,21,26-27,34-36,41-42H,13-20,22-25,28-30H2,1-6H3,(H,59,68)(H,60,69)/t34?,41-,42-,57?/m0/s1. The van der Waals surface area contributed by atoms with Gasteiger partial charge in [0.05, 0.1) is 65.1 Å². The van der Waals surface area contributed by atoms with Gasteiger partial charge in [0, 0.05) is 51.6 Å². The molecule has 4 atom stereocenters. The zero-order valence-electron chi connectivity index (χ0n) is 45.4. The van der Waals surface area contributed by atoms with Gasteiger partial charge in [0.15, 0.2) is 0 Å². The van der Waals surface area contributed by atoms with E-state index >= 15 is 14.4 Å². The summed E-state index contributed by atoms with van der Waals surface area (Å²) in [5, 5.41) is 6.11. The Bertz CT molecular complexity index is 3750. The number of carbonyl (C=O) groups is 2. The summed E-state index contributed by atoms with van der Waals surface area (Å²) in [7, 11) is 6.15. The molecule has 7 aromatic rings. The Balaban J connectivity index is 0.998. The van der Waals surface area contributed by atoms with E-state index in [9.17, 15) is 14.4 Å². The number of fused-ring (bicyclic) bond motifs is 2. The molecule has 2 aromatic carbocycles. The van der Waals surface area contributed by atoms with Crippen LogP contribution in [0.15, 0.2) is 82.3 Å². The van der Waals surface area contributed by atoms with E-state index in [2.05, 4.69) is 31.5 Å². The molecule has 23 heteroatoms. The van der Waals surface area contributed by atoms with Crippen molar-refractivity contribution >= 4 is 70.9 Å². The smallest absolute Gasteiger partial charge is 0.333 e. The number of amides is 2. The number of nitrogens with one attached hydrogen (secondary N) is 2. The lowest BCUT2D eigenvalue weighted by atomic mass is 9.90. The van der Waals surface area contributed by atoms with Crippen molar-refractivity contribution in [3.63, 3.8) is 0 Å². The molecular weight excluding hydrogens is 1130 g/mol. The second-order valence-electron chi connectivity index (χ2n) is 21.1. The van der Waals surface area contributed by atoms with Crippen LogP contribution in [0.5, 0.6) is 11.5 Å². The van der Waals surface area contributed by atoms with E-state index in [-0.39, 0.29) is 49.4 Å². The zero-order valence-corrected chi connectivity index (χ0v) is 48.6. The van der Waals surface area contributed by atoms with Gasteiger partial charge >= 0.3 is 11.4 Å². The molecule has 5 aromatic heterocycles. The minimum Gasteiger partial charge on any atom is -0.496 e. The van der Waals surface area contributed by atoms with Crippen LogP contribution in [0.2, 0.25) is 0 Å². The Labute approximate surface area is 476 Å². The minimum absolute atomic E-state index is 0.0187. The highest BCUT2D eigenvalue weighted by atomic mass is 79.9. The van der Waals surface area contributed by atoms with E-state index in [0.717, 1.165) is 15.7 Å². The molecule has 0 radical (unpaired) electrons. The number of benzene rings is 2. The number of rotatable bonds is 18. The number of hydrogen-bond donors (Lipinski definition) is 2. The van der Waals surface area contributed by atoms with Crippen LogP contribution < -0.4 is 42.6 Å². The number of methoxy groups -OCH3 is 2. The van der Waals surface area contributed by atoms with Crippen LogP contribution in [0.4, 0.5) is 0 Å². The number of halogens is 1. The number of hydrogen-bond acceptors (Lipinski definition) is 16. The largest absolute Gasteiger partial charge is 0.496 e. The van der Waals surface area contributed by atoms with E-state index in [1.165, 1.54) is 58.4 Å². The van der Waals surface area contributed by atoms with Gasteiger partial charge in [-0.05, 0) is 122 Å². The molecule has 2 aliphatic heterocycles. The maximum Gasteiger partial charge on any atom is 0.333 e. The summed E-state index contributed by atoms with van der Waals surface area (Å²) in [5.74, 6) is 0.0746. The fourth-order valence-electron chi connectivity index (χ4n) is 12.3. The summed E-state index contributed by atoms with van der Waals surface area (Å²) < 4.78 is 49.1. The predicted octanol–water partition coefficient (Wildman–Crippen LogP) is 7.33. The highest BCUT2D eigenvalue weighted by Crippen LogP contribution is 2.48. The van der Waals surface area contributed by atoms with Gasteiger partial charge in [-0.15, -0.1) is 22.7 Å². The van der Waals surface area contributed by atoms with Crippen molar-refractivity contribution in [2.75, 3.05) is 54.7 Å². The maximum atomic E-state index is 15.6. The number of thiophene rings is 2. The molecule has 424 valence electrons. The van der Waals surface area contributed by atoms with Crippen LogP contribution in [0.1, 0.15) is 104 Å². The molecule has 0 spiro atoms. The third-order valence-electron chi connectivity index (χ3n) is 16.7. The number of para-hydroxylation sites is 1. The van der Waals surface area contributed by atoms with Crippen molar-refractivity contribution < 1.29 is 42.4 Å². The van der Waals surface area contributed by atoms with Gasteiger partial charge in [-0.25, -0.2) is 23.7 Å². The number of oxazole rings is 1. The van der Waals surface area contributed by atoms with E-state index < -0.39 is 57.6 Å². The first kappa shape index (κ1) is 55.7. The fraction of sp³-hybridized carbons (Fsp3) is 0.491. The molecule has 11 rings (SSSR count). The third-order valence-corrected chi connectivity index (χ3v) is 20.2. The monoisotopic (exact) mass is 1200 g/mol. The molecule has 2 saturated heterocycles. The van der Waals surface area contributed by atoms with Gasteiger partial charge in [0.2, 0.25) is 17.7 Å². The highest BCUT2D eigenvalue weighted by molar-refractivity contribution is 9.11. The quantitative estimate of drug-likeness (QED) is 0.0858. The molecule has 20 nitrogen and oxygen atoms in total. The molecule has 2 saturated carbocycles. The Hall–Kier alpha value is -6.21. The lowest BCUT2D eigenvalue weighted by Gasteiger charge is -2.32. The molecular formula is C57H64BrN7O13S2. The summed E-state index contributed by atoms with van der Waals surface area (Å²) >= 11 is 6.18. The van der Waals surface area contributed by atoms with E-state index in [1.807, 2.05) is 49.4 Å². The minimum atomic E-state index is -1.61. The first-order valence-electron chi connectivity index (χ1n) is 27.0. The number of aromatic nitrogens is 5. The van der Waals surface area contributed by atoms with Crippen LogP contribution in [0.25, 0.3) is 31.2 Å². The summed E-state index contributed by atoms with van der Waals surface area (Å²) in [6, 6.07) is 13.3. The Morgan fingerprint density at radius 2 is 1.27 bits per heavy atom. The van der Waals surface area contributed by atoms with Crippen LogP contribution in [0.3, 0.4) is 0 Å². The molecule has 2 unspecified atom stereocenters. The predicted molar refractivity (Wildman–Crippen MR) is 305 cm³/mol. The summed E-state index contributed by atoms with van der Waals surface area (Å²) in [6.07, 6.45) is 4.83. The normalized spacial score (nSPS) is 20.3. The number of aryl methyl sites for hydroxylation is 2. The lowest BCUT2D eigenvalue weighted by molar-refractivity contribution is -0.129. The molecule has 4 aliphatic rings. The van der Waals surface area contributed by atoms with Gasteiger partial charge in [0.1, 0.15) is 50.7 Å². The molecule has 2 N–H and O–H groups in total. The van der Waals surface area contributed by atoms with Crippen molar-refractivity contribution in [1.29, 1.82) is 0 Å². The highest BCUT2D eigenvalue weighted by Gasteiger charge is 2.54. The van der Waals surface area contributed by atoms with E-state index in [1.54, 1.807) is 25.7 Å². The van der Waals surface area contributed by atoms with Gasteiger partial charge in [0.25, 0.3) is 11.1 Å². The maximum absolute atomic E-state index is 15.6. The van der Waals surface area contributed by atoms with Gasteiger partial charge in [-0.3, -0.25) is 28.3 Å². The van der Waals surface area contributed by atoms with Gasteiger partial charge in [-0.1, -0.05) is 30.3 Å². The van der Waals surface area contributed by atoms with Gasteiger partial charge in [-0.2, -0.15) is 0 Å². The van der Waals surface area contributed by atoms with Crippen molar-refractivity contribution in [3.05, 3.63) is 128 Å². The van der Waals surface area contributed by atoms with Crippen LogP contribution in [0, 0.1) is 13.8 Å². The summed E-state index contributed by atoms with van der Waals surface area (Å²) in [5.41, 5.74) is -2.03. The molecule has 0 bridgehead atoms. The van der Waals surface area contributed by atoms with Crippen molar-refractivity contribution in [1.82, 2.24) is 33.9 Å². The summed E-state index contributed by atoms with van der Waals surface area (Å²) in [4.78, 5) is 94.6. The fourth-order valence-corrected chi connectivity index (χ4v) is 15.2. The van der Waals surface area contributed by atoms with Crippen LogP contribution in [-0.2, 0) is 52.7 Å². The Morgan fingerprint density at radius 1 is 0.725 bits per heavy atom.